The molecule has 1 aromatic carbocycles. The third kappa shape index (κ3) is 6.19. The molecule has 1 aromatic heterocycles. The molecular weight excluding hydrogens is 374 g/mol. The second-order valence-electron chi connectivity index (χ2n) is 6.77. The number of rotatable bonds is 10. The highest BCUT2D eigenvalue weighted by Gasteiger charge is 2.28. The largest absolute Gasteiger partial charge is 0.459 e. The molecular formula is C22H27NO4S. The van der Waals surface area contributed by atoms with Crippen LogP contribution in [0.2, 0.25) is 0 Å². The summed E-state index contributed by atoms with van der Waals surface area (Å²) in [4.78, 5) is 12.6. The van der Waals surface area contributed by atoms with Gasteiger partial charge in [-0.05, 0) is 53.3 Å². The van der Waals surface area contributed by atoms with Gasteiger partial charge in [0, 0.05) is 25.5 Å². The summed E-state index contributed by atoms with van der Waals surface area (Å²) in [5.41, 5.74) is 2.36. The second kappa shape index (κ2) is 11.0. The van der Waals surface area contributed by atoms with Crippen molar-refractivity contribution in [1.29, 1.82) is 0 Å². The maximum absolute atomic E-state index is 12.6. The van der Waals surface area contributed by atoms with E-state index in [9.17, 15) is 4.79 Å². The van der Waals surface area contributed by atoms with Gasteiger partial charge < -0.3 is 19.9 Å². The van der Waals surface area contributed by atoms with Gasteiger partial charge in [-0.3, -0.25) is 4.79 Å². The van der Waals surface area contributed by atoms with Crippen molar-refractivity contribution in [3.8, 4) is 0 Å². The first-order chi connectivity index (χ1) is 13.8. The van der Waals surface area contributed by atoms with Crippen molar-refractivity contribution in [3.63, 3.8) is 0 Å². The molecule has 2 heterocycles. The van der Waals surface area contributed by atoms with E-state index >= 15 is 0 Å². The van der Waals surface area contributed by atoms with Crippen molar-refractivity contribution in [2.75, 3.05) is 19.8 Å². The van der Waals surface area contributed by atoms with Crippen molar-refractivity contribution >= 4 is 17.2 Å². The number of aliphatic hydroxyl groups is 1. The number of benzene rings is 1. The summed E-state index contributed by atoms with van der Waals surface area (Å²) in [6, 6.07) is 12.1. The molecule has 0 aliphatic carbocycles. The number of nitrogens with one attached hydrogen (secondary N) is 1. The molecule has 150 valence electrons. The summed E-state index contributed by atoms with van der Waals surface area (Å²) in [6.07, 6.45) is 4.35. The first kappa shape index (κ1) is 20.6. The van der Waals surface area contributed by atoms with Gasteiger partial charge in [-0.2, -0.15) is 11.3 Å². The molecule has 0 saturated carbocycles. The monoisotopic (exact) mass is 401 g/mol. The summed E-state index contributed by atoms with van der Waals surface area (Å²) in [5.74, 6) is 0.209. The Morgan fingerprint density at radius 2 is 2.11 bits per heavy atom. The molecule has 0 fully saturated rings. The molecule has 1 aliphatic heterocycles. The summed E-state index contributed by atoms with van der Waals surface area (Å²) in [7, 11) is 0. The average molecular weight is 402 g/mol. The van der Waals surface area contributed by atoms with Gasteiger partial charge in [-0.25, -0.2) is 0 Å². The third-order valence-electron chi connectivity index (χ3n) is 4.65. The Balaban J connectivity index is 1.58. The quantitative estimate of drug-likeness (QED) is 0.597. The molecule has 0 unspecified atom stereocenters. The minimum absolute atomic E-state index is 0.0951. The third-order valence-corrected chi connectivity index (χ3v) is 5.35. The number of allylic oxidation sites excluding steroid dienone is 1. The standard InChI is InChI=1S/C22H27NO4S/c24-11-4-5-12-26-21-15-19(18-9-13-28-16-18)14-20(27-21)22(25)23-10-8-17-6-2-1-3-7-17/h1-3,6-7,9,13-14,16,19,21,24H,4-5,8,10-12,15H2,(H,23,25)/t19-,21+/m1/s1. The molecule has 2 atom stereocenters. The maximum Gasteiger partial charge on any atom is 0.286 e. The zero-order valence-corrected chi connectivity index (χ0v) is 16.7. The van der Waals surface area contributed by atoms with Crippen molar-refractivity contribution in [2.24, 2.45) is 0 Å². The van der Waals surface area contributed by atoms with Crippen LogP contribution in [0.5, 0.6) is 0 Å². The van der Waals surface area contributed by atoms with E-state index in [1.807, 2.05) is 41.8 Å². The number of aliphatic hydroxyl groups excluding tert-OH is 1. The fraction of sp³-hybridized carbons (Fsp3) is 0.409. The van der Waals surface area contributed by atoms with Crippen LogP contribution in [0.3, 0.4) is 0 Å². The first-order valence-corrected chi connectivity index (χ1v) is 10.7. The van der Waals surface area contributed by atoms with Gasteiger partial charge in [0.05, 0.1) is 6.61 Å². The highest BCUT2D eigenvalue weighted by Crippen LogP contribution is 2.32. The highest BCUT2D eigenvalue weighted by atomic mass is 32.1. The van der Waals surface area contributed by atoms with Gasteiger partial charge in [0.1, 0.15) is 0 Å². The molecule has 2 N–H and O–H groups in total. The molecule has 1 aliphatic rings. The molecule has 0 radical (unpaired) electrons. The predicted molar refractivity (Wildman–Crippen MR) is 110 cm³/mol. The van der Waals surface area contributed by atoms with E-state index < -0.39 is 6.29 Å². The Hall–Kier alpha value is -2.15. The van der Waals surface area contributed by atoms with Gasteiger partial charge >= 0.3 is 0 Å². The van der Waals surface area contributed by atoms with Gasteiger partial charge in [-0.15, -0.1) is 0 Å². The van der Waals surface area contributed by atoms with Crippen LogP contribution in [0.1, 0.15) is 36.3 Å². The molecule has 2 aromatic rings. The first-order valence-electron chi connectivity index (χ1n) is 9.71. The van der Waals surface area contributed by atoms with E-state index in [0.717, 1.165) is 12.8 Å². The van der Waals surface area contributed by atoms with Crippen LogP contribution in [-0.4, -0.2) is 37.1 Å². The average Bonchev–Trinajstić information content (AvgIpc) is 3.27. The molecule has 0 bridgehead atoms. The van der Waals surface area contributed by atoms with E-state index in [-0.39, 0.29) is 18.4 Å². The SMILES string of the molecule is O=C(NCCc1ccccc1)C1=C[C@@H](c2ccsc2)C[C@@H](OCCCCO)O1. The number of carbonyl (C=O) groups excluding carboxylic acids is 1. The molecule has 0 spiro atoms. The van der Waals surface area contributed by atoms with Crippen LogP contribution in [0.25, 0.3) is 0 Å². The smallest absolute Gasteiger partial charge is 0.286 e. The lowest BCUT2D eigenvalue weighted by Gasteiger charge is -2.29. The van der Waals surface area contributed by atoms with Crippen LogP contribution >= 0.6 is 11.3 Å². The summed E-state index contributed by atoms with van der Waals surface area (Å²) in [5, 5.41) is 16.0. The Bertz CT molecular complexity index is 745. The molecule has 28 heavy (non-hydrogen) atoms. The number of thiophene rings is 1. The molecule has 5 nitrogen and oxygen atoms in total. The highest BCUT2D eigenvalue weighted by molar-refractivity contribution is 7.08. The van der Waals surface area contributed by atoms with Gasteiger partial charge in [0.15, 0.2) is 5.76 Å². The molecule has 0 saturated heterocycles. The predicted octanol–water partition coefficient (Wildman–Crippen LogP) is 3.61. The van der Waals surface area contributed by atoms with Crippen LogP contribution in [0.4, 0.5) is 0 Å². The maximum atomic E-state index is 12.6. The Labute approximate surface area is 170 Å². The Kier molecular flexibility index (Phi) is 8.08. The zero-order valence-electron chi connectivity index (χ0n) is 15.9. The normalized spacial score (nSPS) is 19.0. The molecule has 3 rings (SSSR count). The van der Waals surface area contributed by atoms with Crippen molar-refractivity contribution < 1.29 is 19.4 Å². The topological polar surface area (TPSA) is 67.8 Å². The van der Waals surface area contributed by atoms with E-state index in [0.29, 0.717) is 31.8 Å². The number of ether oxygens (including phenoxy) is 2. The van der Waals surface area contributed by atoms with Crippen molar-refractivity contribution in [1.82, 2.24) is 5.32 Å². The summed E-state index contributed by atoms with van der Waals surface area (Å²) in [6.45, 7) is 1.21. The lowest BCUT2D eigenvalue weighted by Crippen LogP contribution is -2.33. The fourth-order valence-corrected chi connectivity index (χ4v) is 3.84. The van der Waals surface area contributed by atoms with Gasteiger partial charge in [-0.1, -0.05) is 30.3 Å². The fourth-order valence-electron chi connectivity index (χ4n) is 3.12. The van der Waals surface area contributed by atoms with E-state index in [2.05, 4.69) is 16.8 Å². The number of hydrogen-bond acceptors (Lipinski definition) is 5. The summed E-state index contributed by atoms with van der Waals surface area (Å²) < 4.78 is 11.6. The van der Waals surface area contributed by atoms with Crippen LogP contribution < -0.4 is 5.32 Å². The van der Waals surface area contributed by atoms with Crippen LogP contribution in [-0.2, 0) is 20.7 Å². The molecule has 6 heteroatoms. The number of amides is 1. The van der Waals surface area contributed by atoms with E-state index in [4.69, 9.17) is 14.6 Å². The van der Waals surface area contributed by atoms with Crippen LogP contribution in [0.15, 0.2) is 59.0 Å². The number of hydrogen-bond donors (Lipinski definition) is 2. The van der Waals surface area contributed by atoms with E-state index in [1.165, 1.54) is 11.1 Å². The van der Waals surface area contributed by atoms with Gasteiger partial charge in [0.2, 0.25) is 6.29 Å². The molecule has 1 amide bonds. The second-order valence-corrected chi connectivity index (χ2v) is 7.55. The number of unbranched alkanes of at least 4 members (excludes halogenated alkanes) is 1. The number of carbonyl (C=O) groups is 1. The Morgan fingerprint density at radius 1 is 1.25 bits per heavy atom. The minimum Gasteiger partial charge on any atom is -0.459 e. The Morgan fingerprint density at radius 3 is 2.86 bits per heavy atom. The lowest BCUT2D eigenvalue weighted by atomic mass is 9.95. The zero-order chi connectivity index (χ0) is 19.6. The van der Waals surface area contributed by atoms with Crippen molar-refractivity contribution in [2.45, 2.75) is 37.9 Å². The van der Waals surface area contributed by atoms with Crippen LogP contribution in [0, 0.1) is 0 Å². The van der Waals surface area contributed by atoms with E-state index in [1.54, 1.807) is 11.3 Å². The summed E-state index contributed by atoms with van der Waals surface area (Å²) >= 11 is 1.64. The van der Waals surface area contributed by atoms with Gasteiger partial charge in [0.25, 0.3) is 5.91 Å². The lowest BCUT2D eigenvalue weighted by molar-refractivity contribution is -0.146. The minimum atomic E-state index is -0.455. The van der Waals surface area contributed by atoms with Crippen molar-refractivity contribution in [3.05, 3.63) is 70.1 Å².